The fourth-order valence-corrected chi connectivity index (χ4v) is 11.3. The quantitative estimate of drug-likeness (QED) is 0.114. The van der Waals surface area contributed by atoms with E-state index in [9.17, 15) is 28.5 Å². The normalized spacial score (nSPS) is 20.7. The molecule has 4 aromatic rings. The summed E-state index contributed by atoms with van der Waals surface area (Å²) in [6.45, 7) is 9.71. The number of halogens is 1. The number of fused-ring (bicyclic) bond motifs is 1. The number of rotatable bonds is 14. The van der Waals surface area contributed by atoms with Crippen LogP contribution < -0.4 is 35.6 Å². The molecule has 0 saturated carbocycles. The zero-order chi connectivity index (χ0) is 47.7. The van der Waals surface area contributed by atoms with E-state index in [0.29, 0.717) is 58.3 Å². The van der Waals surface area contributed by atoms with Crippen molar-refractivity contribution in [3.63, 3.8) is 0 Å². The van der Waals surface area contributed by atoms with Gasteiger partial charge in [0.1, 0.15) is 36.3 Å². The number of carbonyl (C=O) groups excluding carboxylic acids is 5. The summed E-state index contributed by atoms with van der Waals surface area (Å²) in [6, 6.07) is 17.5. The predicted octanol–water partition coefficient (Wildman–Crippen LogP) is 4.93. The van der Waals surface area contributed by atoms with Gasteiger partial charge in [0.05, 0.1) is 48.4 Å². The Morgan fingerprint density at radius 2 is 1.65 bits per heavy atom. The van der Waals surface area contributed by atoms with Gasteiger partial charge >= 0.3 is 0 Å². The maximum absolute atomic E-state index is 13.7. The Balaban J connectivity index is 0.738. The summed E-state index contributed by atoms with van der Waals surface area (Å²) < 4.78 is 25.0. The van der Waals surface area contributed by atoms with E-state index in [-0.39, 0.29) is 48.3 Å². The third kappa shape index (κ3) is 9.91. The minimum atomic E-state index is -2.57. The van der Waals surface area contributed by atoms with Crippen LogP contribution in [0.1, 0.15) is 59.2 Å². The average molecular weight is 967 g/mol. The van der Waals surface area contributed by atoms with Crippen LogP contribution in [0.25, 0.3) is 0 Å². The lowest BCUT2D eigenvalue weighted by Gasteiger charge is -2.43. The number of amides is 5. The number of para-hydroxylation sites is 1. The van der Waals surface area contributed by atoms with Crippen molar-refractivity contribution in [1.82, 2.24) is 34.9 Å². The molecule has 5 amide bonds. The first-order valence-electron chi connectivity index (χ1n) is 23.1. The molecule has 0 bridgehead atoms. The van der Waals surface area contributed by atoms with Crippen LogP contribution in [0.2, 0.25) is 5.02 Å². The number of likely N-dealkylation sites (tertiary alicyclic amines) is 1. The van der Waals surface area contributed by atoms with Crippen LogP contribution in [0.3, 0.4) is 0 Å². The zero-order valence-electron chi connectivity index (χ0n) is 38.4. The van der Waals surface area contributed by atoms with E-state index in [0.717, 1.165) is 75.5 Å². The molecule has 5 aliphatic rings. The minimum Gasteiger partial charge on any atom is -0.494 e. The molecular weight excluding hydrogens is 911 g/mol. The summed E-state index contributed by atoms with van der Waals surface area (Å²) in [7, 11) is -0.934. The van der Waals surface area contributed by atoms with E-state index in [1.54, 1.807) is 32.6 Å². The molecule has 3 N–H and O–H groups in total. The first-order chi connectivity index (χ1) is 32.7. The lowest BCUT2D eigenvalue weighted by Crippen LogP contribution is -2.55. The van der Waals surface area contributed by atoms with Crippen molar-refractivity contribution in [2.75, 3.05) is 94.9 Å². The molecule has 2 unspecified atom stereocenters. The van der Waals surface area contributed by atoms with Crippen LogP contribution in [0.15, 0.2) is 66.9 Å². The van der Waals surface area contributed by atoms with Gasteiger partial charge in [-0.1, -0.05) is 29.8 Å². The highest BCUT2D eigenvalue weighted by molar-refractivity contribution is 7.70. The molecule has 4 saturated heterocycles. The second kappa shape index (κ2) is 19.9. The molecule has 6 heterocycles. The number of hydrogen-bond acceptors (Lipinski definition) is 15. The van der Waals surface area contributed by atoms with Gasteiger partial charge in [0, 0.05) is 75.3 Å². The van der Waals surface area contributed by atoms with Crippen molar-refractivity contribution >= 4 is 82.4 Å². The Kier molecular flexibility index (Phi) is 13.7. The number of imide groups is 2. The summed E-state index contributed by atoms with van der Waals surface area (Å²) in [6.07, 6.45) is 5.25. The Bertz CT molecular complexity index is 2670. The van der Waals surface area contributed by atoms with Crippen LogP contribution >= 0.6 is 18.7 Å². The largest absolute Gasteiger partial charge is 0.494 e. The molecule has 68 heavy (non-hydrogen) atoms. The van der Waals surface area contributed by atoms with Gasteiger partial charge < -0.3 is 34.5 Å². The van der Waals surface area contributed by atoms with Gasteiger partial charge in [0.25, 0.3) is 11.8 Å². The van der Waals surface area contributed by atoms with Gasteiger partial charge in [-0.25, -0.2) is 4.98 Å². The number of methoxy groups -OCH3 is 1. The Labute approximate surface area is 400 Å². The van der Waals surface area contributed by atoms with Gasteiger partial charge in [-0.15, -0.1) is 0 Å². The molecule has 5 aliphatic heterocycles. The number of nitrogens with zero attached hydrogens (tertiary/aromatic N) is 7. The van der Waals surface area contributed by atoms with Crippen LogP contribution in [0, 0.1) is 0 Å². The maximum atomic E-state index is 13.7. The van der Waals surface area contributed by atoms with Crippen molar-refractivity contribution in [3.05, 3.63) is 83.0 Å². The van der Waals surface area contributed by atoms with Crippen LogP contribution in [-0.2, 0) is 18.9 Å². The fraction of sp³-hybridized carbons (Fsp3) is 0.438. The maximum Gasteiger partial charge on any atom is 0.266 e. The number of aromatic nitrogens is 2. The lowest BCUT2D eigenvalue weighted by molar-refractivity contribution is -0.136. The standard InChI is InChI=1S/C48H56ClN10O8P/c1-66-39-26-31(13-14-35(39)52-48-50-27-34(49)44(54-48)51-36-10-4-5-12-40(36)68(2,3)65)56-20-17-30(18-21-56)57-24-22-55(23-25-57)28-42(61)58-19-7-8-32(58)29-67-38-11-6-9-33-43(38)47(64)59(46(33)63)37-15-16-41(60)53-45(37)62/h4-6,9-14,26-27,30,32,37H,7-8,15-25,28-29H2,1-3H3,(H,53,60,62)(H2,50,51,52,54). The van der Waals surface area contributed by atoms with E-state index < -0.39 is 36.8 Å². The van der Waals surface area contributed by atoms with Gasteiger partial charge in [-0.05, 0) is 81.8 Å². The fourth-order valence-electron chi connectivity index (χ4n) is 9.98. The number of ether oxygens (including phenoxy) is 2. The van der Waals surface area contributed by atoms with E-state index in [2.05, 4.69) is 46.7 Å². The molecule has 3 aromatic carbocycles. The van der Waals surface area contributed by atoms with Crippen molar-refractivity contribution < 1.29 is 38.0 Å². The third-order valence-corrected chi connectivity index (χ3v) is 15.4. The van der Waals surface area contributed by atoms with E-state index in [1.807, 2.05) is 41.3 Å². The van der Waals surface area contributed by atoms with Crippen molar-refractivity contribution in [2.24, 2.45) is 0 Å². The van der Waals surface area contributed by atoms with Gasteiger partial charge in [-0.2, -0.15) is 4.98 Å². The molecule has 0 spiro atoms. The molecule has 18 nitrogen and oxygen atoms in total. The van der Waals surface area contributed by atoms with E-state index >= 15 is 0 Å². The number of nitrogens with one attached hydrogen (secondary N) is 3. The SMILES string of the molecule is COc1cc(N2CCC(N3CCN(CC(=O)N4CCCC4COc4cccc5c4C(=O)N(C4CCC(=O)NC4=O)C5=O)CC3)CC2)ccc1Nc1ncc(Cl)c(Nc2ccccc2P(C)(C)=O)n1. The number of hydrogen-bond donors (Lipinski definition) is 3. The molecule has 20 heteroatoms. The van der Waals surface area contributed by atoms with Crippen molar-refractivity contribution in [3.8, 4) is 11.5 Å². The van der Waals surface area contributed by atoms with Gasteiger partial charge in [-0.3, -0.25) is 44.0 Å². The number of piperazine rings is 1. The van der Waals surface area contributed by atoms with Crippen LogP contribution in [0.4, 0.5) is 28.8 Å². The van der Waals surface area contributed by atoms with Crippen molar-refractivity contribution in [2.45, 2.75) is 56.7 Å². The monoisotopic (exact) mass is 966 g/mol. The Morgan fingerprint density at radius 1 is 0.868 bits per heavy atom. The number of carbonyl (C=O) groups is 5. The summed E-state index contributed by atoms with van der Waals surface area (Å²) in [5, 5.41) is 9.76. The Hall–Kier alpha value is -6.07. The zero-order valence-corrected chi connectivity index (χ0v) is 40.1. The Morgan fingerprint density at radius 3 is 2.40 bits per heavy atom. The second-order valence-corrected chi connectivity index (χ2v) is 21.8. The first kappa shape index (κ1) is 47.0. The predicted molar refractivity (Wildman–Crippen MR) is 259 cm³/mol. The highest BCUT2D eigenvalue weighted by atomic mass is 35.5. The molecule has 4 fully saturated rings. The number of piperidine rings is 2. The summed E-state index contributed by atoms with van der Waals surface area (Å²) in [5.41, 5.74) is 2.69. The second-order valence-electron chi connectivity index (χ2n) is 18.2. The highest BCUT2D eigenvalue weighted by Gasteiger charge is 2.46. The minimum absolute atomic E-state index is 0.0382. The molecular formula is C48H56ClN10O8P. The molecule has 9 rings (SSSR count). The molecule has 2 atom stereocenters. The molecule has 0 radical (unpaired) electrons. The molecule has 1 aromatic heterocycles. The lowest BCUT2D eigenvalue weighted by atomic mass is 10.0. The topological polar surface area (TPSA) is 199 Å². The number of anilines is 5. The van der Waals surface area contributed by atoms with Crippen LogP contribution in [-0.4, -0.2) is 157 Å². The van der Waals surface area contributed by atoms with Crippen molar-refractivity contribution in [1.29, 1.82) is 0 Å². The molecule has 358 valence electrons. The third-order valence-electron chi connectivity index (χ3n) is 13.6. The van der Waals surface area contributed by atoms with Gasteiger partial charge in [0.2, 0.25) is 23.7 Å². The first-order valence-corrected chi connectivity index (χ1v) is 26.1. The summed E-state index contributed by atoms with van der Waals surface area (Å²) in [4.78, 5) is 83.9. The van der Waals surface area contributed by atoms with Crippen LogP contribution in [0.5, 0.6) is 11.5 Å². The summed E-state index contributed by atoms with van der Waals surface area (Å²) in [5.74, 6) is -0.670. The smallest absolute Gasteiger partial charge is 0.266 e. The number of benzene rings is 3. The van der Waals surface area contributed by atoms with E-state index in [1.165, 1.54) is 12.3 Å². The van der Waals surface area contributed by atoms with Gasteiger partial charge in [0.15, 0.2) is 5.82 Å². The molecule has 0 aliphatic carbocycles. The van der Waals surface area contributed by atoms with E-state index in [4.69, 9.17) is 21.1 Å². The summed E-state index contributed by atoms with van der Waals surface area (Å²) >= 11 is 6.49. The highest BCUT2D eigenvalue weighted by Crippen LogP contribution is 2.40. The average Bonchev–Trinajstić information content (AvgIpc) is 3.91.